The van der Waals surface area contributed by atoms with E-state index in [9.17, 15) is 9.90 Å². The van der Waals surface area contributed by atoms with Crippen LogP contribution in [0.3, 0.4) is 0 Å². The van der Waals surface area contributed by atoms with Crippen LogP contribution in [0, 0.1) is 11.8 Å². The van der Waals surface area contributed by atoms with Gasteiger partial charge in [0.05, 0.1) is 12.3 Å². The van der Waals surface area contributed by atoms with Crippen molar-refractivity contribution < 1.29 is 9.90 Å². The molecule has 3 N–H and O–H groups in total. The largest absolute Gasteiger partial charge is 0.393 e. The van der Waals surface area contributed by atoms with Crippen molar-refractivity contribution in [2.45, 2.75) is 50.7 Å². The standard InChI is InChI=1S/C17H28N4O2.ClH/c1-21-11-12(10-19-21)2-3-16(23)20-17(14-8-15(22)9-14)13-4-6-18-7-5-13;/h10-11,13-15,17-18,22H,2-9H2,1H3,(H,20,23);1H. The Hall–Kier alpha value is -1.11. The van der Waals surface area contributed by atoms with E-state index in [4.69, 9.17) is 0 Å². The fourth-order valence-corrected chi connectivity index (χ4v) is 3.86. The Kier molecular flexibility index (Phi) is 7.07. The molecule has 0 bridgehead atoms. The number of halogens is 1. The number of aliphatic hydroxyl groups is 1. The van der Waals surface area contributed by atoms with Crippen LogP contribution in [-0.4, -0.2) is 46.0 Å². The number of aliphatic hydroxyl groups excluding tert-OH is 1. The average molecular weight is 357 g/mol. The molecule has 1 amide bonds. The number of aromatic nitrogens is 2. The maximum Gasteiger partial charge on any atom is 0.220 e. The van der Waals surface area contributed by atoms with E-state index in [2.05, 4.69) is 15.7 Å². The minimum absolute atomic E-state index is 0. The quantitative estimate of drug-likeness (QED) is 0.711. The van der Waals surface area contributed by atoms with Crippen LogP contribution in [0.25, 0.3) is 0 Å². The van der Waals surface area contributed by atoms with Gasteiger partial charge in [-0.25, -0.2) is 0 Å². The zero-order valence-corrected chi connectivity index (χ0v) is 15.1. The minimum atomic E-state index is -0.170. The number of carbonyl (C=O) groups excluding carboxylic acids is 1. The molecule has 3 rings (SSSR count). The smallest absolute Gasteiger partial charge is 0.220 e. The summed E-state index contributed by atoms with van der Waals surface area (Å²) in [5, 5.41) is 20.4. The number of hydrogen-bond donors (Lipinski definition) is 3. The molecular weight excluding hydrogens is 328 g/mol. The lowest BCUT2D eigenvalue weighted by Gasteiger charge is -2.43. The topological polar surface area (TPSA) is 79.2 Å². The summed E-state index contributed by atoms with van der Waals surface area (Å²) in [4.78, 5) is 12.4. The van der Waals surface area contributed by atoms with E-state index in [-0.39, 0.29) is 30.5 Å². The van der Waals surface area contributed by atoms with Crippen molar-refractivity contribution in [3.05, 3.63) is 18.0 Å². The highest BCUT2D eigenvalue weighted by atomic mass is 35.5. The molecule has 1 saturated heterocycles. The average Bonchev–Trinajstić information content (AvgIpc) is 2.94. The molecule has 1 aromatic heterocycles. The number of piperidine rings is 1. The Bertz CT molecular complexity index is 524. The summed E-state index contributed by atoms with van der Waals surface area (Å²) in [6.45, 7) is 2.06. The third-order valence-corrected chi connectivity index (χ3v) is 5.28. The molecule has 0 aromatic carbocycles. The predicted octanol–water partition coefficient (Wildman–Crippen LogP) is 1.03. The van der Waals surface area contributed by atoms with Crippen LogP contribution in [0.15, 0.2) is 12.4 Å². The van der Waals surface area contributed by atoms with Gasteiger partial charge in [-0.15, -0.1) is 12.4 Å². The molecule has 2 heterocycles. The summed E-state index contributed by atoms with van der Waals surface area (Å²) in [6, 6.07) is 0.224. The third-order valence-electron chi connectivity index (χ3n) is 5.28. The summed E-state index contributed by atoms with van der Waals surface area (Å²) < 4.78 is 1.76. The molecular formula is C17H29ClN4O2. The number of amides is 1. The first-order valence-electron chi connectivity index (χ1n) is 8.77. The van der Waals surface area contributed by atoms with E-state index in [1.807, 2.05) is 19.4 Å². The molecule has 1 aliphatic heterocycles. The van der Waals surface area contributed by atoms with Gasteiger partial charge in [-0.05, 0) is 62.6 Å². The highest BCUT2D eigenvalue weighted by Crippen LogP contribution is 2.35. The Morgan fingerprint density at radius 3 is 2.71 bits per heavy atom. The van der Waals surface area contributed by atoms with Crippen LogP contribution in [0.4, 0.5) is 0 Å². The second kappa shape index (κ2) is 8.83. The fourth-order valence-electron chi connectivity index (χ4n) is 3.86. The maximum absolute atomic E-state index is 12.4. The first-order chi connectivity index (χ1) is 11.1. The molecule has 1 saturated carbocycles. The molecule has 7 heteroatoms. The van der Waals surface area contributed by atoms with E-state index in [1.54, 1.807) is 4.68 Å². The van der Waals surface area contributed by atoms with E-state index < -0.39 is 0 Å². The Morgan fingerprint density at radius 2 is 2.12 bits per heavy atom. The van der Waals surface area contributed by atoms with E-state index >= 15 is 0 Å². The summed E-state index contributed by atoms with van der Waals surface area (Å²) in [5.41, 5.74) is 1.10. The van der Waals surface area contributed by atoms with Gasteiger partial charge in [-0.2, -0.15) is 5.10 Å². The number of rotatable bonds is 6. The van der Waals surface area contributed by atoms with Gasteiger partial charge in [-0.3, -0.25) is 9.48 Å². The fraction of sp³-hybridized carbons (Fsp3) is 0.765. The SMILES string of the molecule is Cl.Cn1cc(CCC(=O)NC(C2CCNCC2)C2CC(O)C2)cn1. The van der Waals surface area contributed by atoms with Gasteiger partial charge in [0, 0.05) is 25.7 Å². The van der Waals surface area contributed by atoms with Crippen molar-refractivity contribution in [1.82, 2.24) is 20.4 Å². The van der Waals surface area contributed by atoms with Gasteiger partial charge in [0.2, 0.25) is 5.91 Å². The normalized spacial score (nSPS) is 25.4. The van der Waals surface area contributed by atoms with Gasteiger partial charge in [0.1, 0.15) is 0 Å². The van der Waals surface area contributed by atoms with Crippen LogP contribution in [0.1, 0.15) is 37.7 Å². The molecule has 2 fully saturated rings. The van der Waals surface area contributed by atoms with E-state index in [0.29, 0.717) is 18.3 Å². The lowest BCUT2D eigenvalue weighted by molar-refractivity contribution is -0.123. The van der Waals surface area contributed by atoms with Gasteiger partial charge in [0.15, 0.2) is 0 Å². The van der Waals surface area contributed by atoms with Crippen LogP contribution >= 0.6 is 12.4 Å². The highest BCUT2D eigenvalue weighted by Gasteiger charge is 2.38. The van der Waals surface area contributed by atoms with Crippen LogP contribution in [0.2, 0.25) is 0 Å². The molecule has 24 heavy (non-hydrogen) atoms. The zero-order chi connectivity index (χ0) is 16.2. The number of hydrogen-bond acceptors (Lipinski definition) is 4. The second-order valence-electron chi connectivity index (χ2n) is 7.09. The van der Waals surface area contributed by atoms with Crippen molar-refractivity contribution >= 4 is 18.3 Å². The molecule has 0 radical (unpaired) electrons. The van der Waals surface area contributed by atoms with Crippen molar-refractivity contribution in [1.29, 1.82) is 0 Å². The first kappa shape index (κ1) is 19.2. The molecule has 1 aliphatic carbocycles. The molecule has 1 atom stereocenters. The predicted molar refractivity (Wildman–Crippen MR) is 95.0 cm³/mol. The van der Waals surface area contributed by atoms with Crippen LogP contribution < -0.4 is 10.6 Å². The molecule has 1 aromatic rings. The number of aryl methyl sites for hydroxylation is 2. The third kappa shape index (κ3) is 4.94. The number of nitrogens with zero attached hydrogens (tertiary/aromatic N) is 2. The maximum atomic E-state index is 12.4. The van der Waals surface area contributed by atoms with Gasteiger partial charge < -0.3 is 15.7 Å². The second-order valence-corrected chi connectivity index (χ2v) is 7.09. The number of carbonyl (C=O) groups is 1. The summed E-state index contributed by atoms with van der Waals surface area (Å²) >= 11 is 0. The molecule has 1 unspecified atom stereocenters. The number of nitrogens with one attached hydrogen (secondary N) is 2. The Labute approximate surface area is 149 Å². The molecule has 2 aliphatic rings. The van der Waals surface area contributed by atoms with Crippen molar-refractivity contribution in [3.8, 4) is 0 Å². The summed E-state index contributed by atoms with van der Waals surface area (Å²) in [7, 11) is 1.89. The lowest BCUT2D eigenvalue weighted by atomic mass is 9.71. The van der Waals surface area contributed by atoms with Crippen LogP contribution in [0.5, 0.6) is 0 Å². The van der Waals surface area contributed by atoms with Gasteiger partial charge in [0.25, 0.3) is 0 Å². The zero-order valence-electron chi connectivity index (χ0n) is 14.3. The molecule has 6 nitrogen and oxygen atoms in total. The first-order valence-corrected chi connectivity index (χ1v) is 8.77. The summed E-state index contributed by atoms with van der Waals surface area (Å²) in [6.07, 6.45) is 8.72. The van der Waals surface area contributed by atoms with E-state index in [1.165, 1.54) is 0 Å². The molecule has 136 valence electrons. The van der Waals surface area contributed by atoms with Crippen molar-refractivity contribution in [3.63, 3.8) is 0 Å². The van der Waals surface area contributed by atoms with Gasteiger partial charge in [-0.1, -0.05) is 0 Å². The van der Waals surface area contributed by atoms with Crippen molar-refractivity contribution in [2.24, 2.45) is 18.9 Å². The lowest BCUT2D eigenvalue weighted by Crippen LogP contribution is -2.52. The minimum Gasteiger partial charge on any atom is -0.393 e. The highest BCUT2D eigenvalue weighted by molar-refractivity contribution is 5.85. The van der Waals surface area contributed by atoms with Gasteiger partial charge >= 0.3 is 0 Å². The Balaban J connectivity index is 0.00000208. The van der Waals surface area contributed by atoms with Crippen molar-refractivity contribution in [2.75, 3.05) is 13.1 Å². The summed E-state index contributed by atoms with van der Waals surface area (Å²) in [5.74, 6) is 1.10. The van der Waals surface area contributed by atoms with Crippen LogP contribution in [-0.2, 0) is 18.3 Å². The molecule has 0 spiro atoms. The monoisotopic (exact) mass is 356 g/mol. The van der Waals surface area contributed by atoms with E-state index in [0.717, 1.165) is 50.8 Å². The Morgan fingerprint density at radius 1 is 1.42 bits per heavy atom.